The van der Waals surface area contributed by atoms with Crippen molar-refractivity contribution in [3.8, 4) is 0 Å². The summed E-state index contributed by atoms with van der Waals surface area (Å²) < 4.78 is 2.13. The van der Waals surface area contributed by atoms with E-state index in [1.807, 2.05) is 55.7 Å². The van der Waals surface area contributed by atoms with Crippen molar-refractivity contribution in [3.63, 3.8) is 0 Å². The molecule has 2 aromatic carbocycles. The first kappa shape index (κ1) is 13.6. The summed E-state index contributed by atoms with van der Waals surface area (Å²) in [6.07, 6.45) is 1.87. The van der Waals surface area contributed by atoms with E-state index in [1.165, 1.54) is 5.56 Å². The fourth-order valence-corrected chi connectivity index (χ4v) is 2.66. The molecule has 0 saturated heterocycles. The Bertz CT molecular complexity index is 793. The molecular weight excluding hydrogens is 260 g/mol. The minimum Gasteiger partial charge on any atom is -0.345 e. The summed E-state index contributed by atoms with van der Waals surface area (Å²) in [7, 11) is 1.96. The van der Waals surface area contributed by atoms with Crippen LogP contribution in [0.2, 0.25) is 0 Å². The van der Waals surface area contributed by atoms with Gasteiger partial charge in [0.05, 0.1) is 5.52 Å². The number of hydrogen-bond donors (Lipinski definition) is 1. The second-order valence-corrected chi connectivity index (χ2v) is 5.10. The largest absolute Gasteiger partial charge is 0.345 e. The van der Waals surface area contributed by atoms with Gasteiger partial charge in [0, 0.05) is 30.2 Å². The Labute approximate surface area is 123 Å². The first-order valence-corrected chi connectivity index (χ1v) is 7.10. The minimum atomic E-state index is 0.0718. The topological polar surface area (TPSA) is 34.0 Å². The molecule has 0 spiro atoms. The molecule has 1 N–H and O–H groups in total. The van der Waals surface area contributed by atoms with Crippen molar-refractivity contribution < 1.29 is 0 Å². The molecule has 0 amide bonds. The van der Waals surface area contributed by atoms with Gasteiger partial charge in [-0.2, -0.15) is 0 Å². The summed E-state index contributed by atoms with van der Waals surface area (Å²) in [5.41, 5.74) is 2.28. The van der Waals surface area contributed by atoms with E-state index >= 15 is 0 Å². The van der Waals surface area contributed by atoms with E-state index < -0.39 is 0 Å². The second-order valence-electron chi connectivity index (χ2n) is 5.10. The predicted octanol–water partition coefficient (Wildman–Crippen LogP) is 2.96. The lowest BCUT2D eigenvalue weighted by molar-refractivity contribution is 0.508. The smallest absolute Gasteiger partial charge is 0.189 e. The summed E-state index contributed by atoms with van der Waals surface area (Å²) >= 11 is 0. The van der Waals surface area contributed by atoms with Crippen LogP contribution in [0.3, 0.4) is 0 Å². The number of pyridine rings is 1. The summed E-state index contributed by atoms with van der Waals surface area (Å²) in [4.78, 5) is 11.9. The van der Waals surface area contributed by atoms with Gasteiger partial charge in [-0.3, -0.25) is 4.79 Å². The number of nitrogens with zero attached hydrogens (tertiary/aromatic N) is 1. The molecule has 106 valence electrons. The molecule has 3 aromatic rings. The summed E-state index contributed by atoms with van der Waals surface area (Å²) in [6, 6.07) is 19.9. The van der Waals surface area contributed by atoms with Crippen molar-refractivity contribution >= 4 is 10.9 Å². The second kappa shape index (κ2) is 5.94. The molecule has 3 nitrogen and oxygen atoms in total. The number of likely N-dealkylation sites (N-methyl/N-ethyl adjacent to an activating group) is 1. The number of aromatic nitrogens is 1. The van der Waals surface area contributed by atoms with Crippen LogP contribution in [-0.2, 0) is 6.54 Å². The molecule has 0 aliphatic carbocycles. The summed E-state index contributed by atoms with van der Waals surface area (Å²) in [6.45, 7) is 0.779. The summed E-state index contributed by atoms with van der Waals surface area (Å²) in [5, 5.41) is 4.11. The lowest BCUT2D eigenvalue weighted by Gasteiger charge is -2.20. The van der Waals surface area contributed by atoms with E-state index in [1.54, 1.807) is 6.07 Å². The lowest BCUT2D eigenvalue weighted by atomic mass is 10.1. The highest BCUT2D eigenvalue weighted by Gasteiger charge is 2.10. The molecule has 3 heteroatoms. The van der Waals surface area contributed by atoms with Gasteiger partial charge >= 0.3 is 0 Å². The van der Waals surface area contributed by atoms with Gasteiger partial charge in [0.1, 0.15) is 0 Å². The first-order chi connectivity index (χ1) is 10.3. The van der Waals surface area contributed by atoms with Crippen molar-refractivity contribution in [2.45, 2.75) is 12.6 Å². The molecule has 0 aliphatic heterocycles. The highest BCUT2D eigenvalue weighted by molar-refractivity contribution is 5.78. The normalized spacial score (nSPS) is 12.4. The van der Waals surface area contributed by atoms with E-state index in [2.05, 4.69) is 22.0 Å². The molecule has 1 atom stereocenters. The Morgan fingerprint density at radius 2 is 1.71 bits per heavy atom. The zero-order chi connectivity index (χ0) is 14.7. The van der Waals surface area contributed by atoms with Gasteiger partial charge in [-0.05, 0) is 24.7 Å². The predicted molar refractivity (Wildman–Crippen MR) is 86.5 cm³/mol. The lowest BCUT2D eigenvalue weighted by Crippen LogP contribution is -2.23. The maximum absolute atomic E-state index is 11.9. The molecule has 0 fully saturated rings. The van der Waals surface area contributed by atoms with Gasteiger partial charge < -0.3 is 9.88 Å². The van der Waals surface area contributed by atoms with Crippen molar-refractivity contribution in [1.29, 1.82) is 0 Å². The minimum absolute atomic E-state index is 0.0718. The molecule has 1 unspecified atom stereocenters. The SMILES string of the molecule is CNC(Cn1ccc(=O)c2ccccc21)c1ccccc1. The Balaban J connectivity index is 2.01. The molecular formula is C18H18N2O. The van der Waals surface area contributed by atoms with Gasteiger partial charge in [-0.15, -0.1) is 0 Å². The number of fused-ring (bicyclic) bond motifs is 1. The highest BCUT2D eigenvalue weighted by Crippen LogP contribution is 2.17. The molecule has 0 radical (unpaired) electrons. The average molecular weight is 278 g/mol. The number of rotatable bonds is 4. The number of nitrogens with one attached hydrogen (secondary N) is 1. The van der Waals surface area contributed by atoms with Gasteiger partial charge in [-0.1, -0.05) is 42.5 Å². The van der Waals surface area contributed by atoms with E-state index in [0.29, 0.717) is 0 Å². The van der Waals surface area contributed by atoms with Crippen LogP contribution in [0.5, 0.6) is 0 Å². The molecule has 0 saturated carbocycles. The molecule has 0 bridgehead atoms. The van der Waals surface area contributed by atoms with E-state index in [-0.39, 0.29) is 11.5 Å². The van der Waals surface area contributed by atoms with Crippen LogP contribution >= 0.6 is 0 Å². The van der Waals surface area contributed by atoms with E-state index in [9.17, 15) is 4.79 Å². The Morgan fingerprint density at radius 3 is 2.48 bits per heavy atom. The standard InChI is InChI=1S/C18H18N2O/c1-19-16(14-7-3-2-4-8-14)13-20-12-11-18(21)15-9-5-6-10-17(15)20/h2-12,16,19H,13H2,1H3. The van der Waals surface area contributed by atoms with Crippen molar-refractivity contribution in [1.82, 2.24) is 9.88 Å². The first-order valence-electron chi connectivity index (χ1n) is 7.10. The molecule has 0 aliphatic rings. The van der Waals surface area contributed by atoms with Crippen LogP contribution in [0.25, 0.3) is 10.9 Å². The van der Waals surface area contributed by atoms with Crippen LogP contribution in [0.1, 0.15) is 11.6 Å². The zero-order valence-corrected chi connectivity index (χ0v) is 12.0. The fraction of sp³-hybridized carbons (Fsp3) is 0.167. The molecule has 3 rings (SSSR count). The van der Waals surface area contributed by atoms with Crippen molar-refractivity contribution in [3.05, 3.63) is 82.6 Å². The maximum atomic E-state index is 11.9. The molecule has 21 heavy (non-hydrogen) atoms. The Morgan fingerprint density at radius 1 is 1.00 bits per heavy atom. The fourth-order valence-electron chi connectivity index (χ4n) is 2.66. The summed E-state index contributed by atoms with van der Waals surface area (Å²) in [5.74, 6) is 0. The molecule has 1 heterocycles. The Kier molecular flexibility index (Phi) is 3.84. The van der Waals surface area contributed by atoms with Gasteiger partial charge in [0.2, 0.25) is 0 Å². The third kappa shape index (κ3) is 2.73. The van der Waals surface area contributed by atoms with Gasteiger partial charge in [0.15, 0.2) is 5.43 Å². The van der Waals surface area contributed by atoms with E-state index in [4.69, 9.17) is 0 Å². The van der Waals surface area contributed by atoms with E-state index in [0.717, 1.165) is 17.4 Å². The monoisotopic (exact) mass is 278 g/mol. The third-order valence-electron chi connectivity index (χ3n) is 3.81. The van der Waals surface area contributed by atoms with Crippen LogP contribution in [-0.4, -0.2) is 11.6 Å². The van der Waals surface area contributed by atoms with Crippen LogP contribution < -0.4 is 10.7 Å². The third-order valence-corrected chi connectivity index (χ3v) is 3.81. The van der Waals surface area contributed by atoms with Crippen LogP contribution in [0.4, 0.5) is 0 Å². The van der Waals surface area contributed by atoms with Crippen LogP contribution in [0, 0.1) is 0 Å². The average Bonchev–Trinajstić information content (AvgIpc) is 2.55. The van der Waals surface area contributed by atoms with Crippen molar-refractivity contribution in [2.75, 3.05) is 7.05 Å². The molecule has 1 aromatic heterocycles. The number of benzene rings is 2. The van der Waals surface area contributed by atoms with Crippen LogP contribution in [0.15, 0.2) is 71.7 Å². The number of para-hydroxylation sites is 1. The van der Waals surface area contributed by atoms with Gasteiger partial charge in [0.25, 0.3) is 0 Å². The maximum Gasteiger partial charge on any atom is 0.189 e. The quantitative estimate of drug-likeness (QED) is 0.796. The zero-order valence-electron chi connectivity index (χ0n) is 12.0. The Hall–Kier alpha value is -2.39. The number of hydrogen-bond acceptors (Lipinski definition) is 2. The highest BCUT2D eigenvalue weighted by atomic mass is 16.1. The van der Waals surface area contributed by atoms with Crippen molar-refractivity contribution in [2.24, 2.45) is 0 Å². The van der Waals surface area contributed by atoms with Gasteiger partial charge in [-0.25, -0.2) is 0 Å².